The van der Waals surface area contributed by atoms with E-state index in [0.717, 1.165) is 12.8 Å². The number of carbonyl (C=O) groups excluding carboxylic acids is 1. The number of ether oxygens (including phenoxy) is 2. The number of fused-ring (bicyclic) bond motifs is 1. The van der Waals surface area contributed by atoms with Crippen LogP contribution in [0.15, 0.2) is 34.7 Å². The van der Waals surface area contributed by atoms with Crippen LogP contribution in [0.25, 0.3) is 17.3 Å². The number of carbonyl (C=O) groups is 1. The van der Waals surface area contributed by atoms with Crippen molar-refractivity contribution in [2.24, 2.45) is 0 Å². The summed E-state index contributed by atoms with van der Waals surface area (Å²) in [6, 6.07) is 9.02. The van der Waals surface area contributed by atoms with Crippen LogP contribution in [0.4, 0.5) is 0 Å². The zero-order valence-corrected chi connectivity index (χ0v) is 21.5. The number of furan rings is 1. The Morgan fingerprint density at radius 2 is 1.81 bits per heavy atom. The zero-order valence-electron chi connectivity index (χ0n) is 20.6. The fourth-order valence-electron chi connectivity index (χ4n) is 5.23. The number of piperidine rings is 2. The second-order valence-corrected chi connectivity index (χ2v) is 11.6. The number of aryl methyl sites for hydroxylation is 1. The molecule has 0 bridgehead atoms. The lowest BCUT2D eigenvalue weighted by molar-refractivity contribution is -0.137. The Labute approximate surface area is 210 Å². The number of hydrogen-bond acceptors (Lipinski definition) is 8. The molecule has 0 unspecified atom stereocenters. The average molecular weight is 515 g/mol. The summed E-state index contributed by atoms with van der Waals surface area (Å²) in [4.78, 5) is 14.2. The number of amides is 1. The Morgan fingerprint density at radius 3 is 2.47 bits per heavy atom. The van der Waals surface area contributed by atoms with Crippen LogP contribution in [0.1, 0.15) is 43.7 Å². The minimum absolute atomic E-state index is 0.0450. The molecule has 0 radical (unpaired) electrons. The van der Waals surface area contributed by atoms with Crippen LogP contribution >= 0.6 is 0 Å². The highest BCUT2D eigenvalue weighted by molar-refractivity contribution is 7.91. The summed E-state index contributed by atoms with van der Waals surface area (Å²) in [6.45, 7) is 2.04. The molecule has 36 heavy (non-hydrogen) atoms. The van der Waals surface area contributed by atoms with E-state index in [4.69, 9.17) is 13.9 Å². The third kappa shape index (κ3) is 4.36. The highest BCUT2D eigenvalue weighted by Crippen LogP contribution is 2.38. The Balaban J connectivity index is 1.56. The molecule has 2 saturated heterocycles. The normalized spacial score (nSPS) is 20.3. The quantitative estimate of drug-likeness (QED) is 0.471. The van der Waals surface area contributed by atoms with Gasteiger partial charge in [-0.25, -0.2) is 8.42 Å². The van der Waals surface area contributed by atoms with Gasteiger partial charge >= 0.3 is 0 Å². The van der Waals surface area contributed by atoms with Crippen LogP contribution in [0.5, 0.6) is 11.5 Å². The van der Waals surface area contributed by atoms with Gasteiger partial charge in [0.05, 0.1) is 19.5 Å². The van der Waals surface area contributed by atoms with Crippen LogP contribution < -0.4 is 9.47 Å². The molecule has 192 valence electrons. The van der Waals surface area contributed by atoms with E-state index < -0.39 is 15.1 Å². The minimum Gasteiger partial charge on any atom is -0.494 e. The van der Waals surface area contributed by atoms with E-state index in [2.05, 4.69) is 10.2 Å². The number of aromatic nitrogens is 3. The highest BCUT2D eigenvalue weighted by atomic mass is 32.2. The summed E-state index contributed by atoms with van der Waals surface area (Å²) in [7, 11) is -0.610. The van der Waals surface area contributed by atoms with Gasteiger partial charge in [0.1, 0.15) is 28.7 Å². The summed E-state index contributed by atoms with van der Waals surface area (Å²) < 4.78 is 46.0. The Kier molecular flexibility index (Phi) is 6.50. The van der Waals surface area contributed by atoms with Gasteiger partial charge in [-0.05, 0) is 56.9 Å². The van der Waals surface area contributed by atoms with Gasteiger partial charge < -0.3 is 18.8 Å². The predicted molar refractivity (Wildman–Crippen MR) is 132 cm³/mol. The summed E-state index contributed by atoms with van der Waals surface area (Å²) >= 11 is 0. The molecule has 0 saturated carbocycles. The van der Waals surface area contributed by atoms with Crippen molar-refractivity contribution in [2.75, 3.05) is 20.8 Å². The van der Waals surface area contributed by atoms with Crippen molar-refractivity contribution >= 4 is 15.7 Å². The van der Waals surface area contributed by atoms with Gasteiger partial charge in [-0.3, -0.25) is 9.36 Å². The molecule has 1 amide bonds. The van der Waals surface area contributed by atoms with Crippen molar-refractivity contribution in [3.63, 3.8) is 0 Å². The van der Waals surface area contributed by atoms with E-state index in [-0.39, 0.29) is 30.1 Å². The summed E-state index contributed by atoms with van der Waals surface area (Å²) in [6.07, 6.45) is 3.51. The topological polar surface area (TPSA) is 117 Å². The van der Waals surface area contributed by atoms with E-state index in [9.17, 15) is 13.2 Å². The van der Waals surface area contributed by atoms with Gasteiger partial charge in [0.15, 0.2) is 21.4 Å². The molecule has 10 nitrogen and oxygen atoms in total. The maximum atomic E-state index is 13.7. The van der Waals surface area contributed by atoms with Gasteiger partial charge in [0, 0.05) is 19.0 Å². The minimum atomic E-state index is -3.67. The number of hydrogen-bond donors (Lipinski definition) is 0. The lowest BCUT2D eigenvalue weighted by atomic mass is 9.93. The number of sulfone groups is 1. The number of rotatable bonds is 7. The summed E-state index contributed by atoms with van der Waals surface area (Å²) in [5, 5.41) is 7.94. The maximum Gasteiger partial charge on any atom is 0.222 e. The largest absolute Gasteiger partial charge is 0.494 e. The fraction of sp³-hybridized carbons (Fsp3) is 0.480. The fourth-order valence-corrected chi connectivity index (χ4v) is 6.90. The molecule has 0 spiro atoms. The molecule has 5 rings (SSSR count). The Hall–Kier alpha value is -3.34. The molecule has 2 aliphatic heterocycles. The first-order valence-electron chi connectivity index (χ1n) is 12.1. The Bertz CT molecular complexity index is 1360. The molecule has 4 heterocycles. The van der Waals surface area contributed by atoms with Crippen molar-refractivity contribution in [2.45, 2.75) is 56.1 Å². The van der Waals surface area contributed by atoms with Gasteiger partial charge in [-0.1, -0.05) is 6.07 Å². The zero-order chi connectivity index (χ0) is 25.4. The van der Waals surface area contributed by atoms with Crippen LogP contribution in [0.3, 0.4) is 0 Å². The first kappa shape index (κ1) is 24.4. The van der Waals surface area contributed by atoms with Crippen LogP contribution in [-0.2, 0) is 20.4 Å². The molecule has 1 aromatic carbocycles. The number of benzene rings is 1. The lowest BCUT2D eigenvalue weighted by Crippen LogP contribution is -2.52. The molecular formula is C25H30N4O6S. The number of methoxy groups -OCH3 is 2. The SMILES string of the molecule is COc1cccc(OC)c1-n1c(CS(=O)(=O)[C@@H]2CC[C@@H]3CCCC(=O)N3C2)nnc1-c1ccc(C)o1. The predicted octanol–water partition coefficient (Wildman–Crippen LogP) is 3.31. The molecule has 0 N–H and O–H groups in total. The van der Waals surface area contributed by atoms with E-state index in [1.807, 2.05) is 6.92 Å². The van der Waals surface area contributed by atoms with Crippen LogP contribution in [0, 0.1) is 6.92 Å². The second-order valence-electron chi connectivity index (χ2n) is 9.30. The molecule has 3 aromatic rings. The molecule has 2 aliphatic rings. The first-order chi connectivity index (χ1) is 17.3. The third-order valence-electron chi connectivity index (χ3n) is 7.07. The molecule has 0 aliphatic carbocycles. The lowest BCUT2D eigenvalue weighted by Gasteiger charge is -2.42. The average Bonchev–Trinajstić information content (AvgIpc) is 3.48. The van der Waals surface area contributed by atoms with Crippen molar-refractivity contribution in [3.05, 3.63) is 41.9 Å². The van der Waals surface area contributed by atoms with E-state index in [1.165, 1.54) is 14.2 Å². The maximum absolute atomic E-state index is 13.7. The standard InChI is InChI=1S/C25H30N4O6S/c1-16-10-13-21(35-16)25-27-26-22(29(25)24-19(33-2)7-5-8-20(24)34-3)15-36(31,32)18-12-11-17-6-4-9-23(30)28(17)14-18/h5,7-8,10,13,17-18H,4,6,9,11-12,14-15H2,1-3H3/t17-,18+/m0/s1. The van der Waals surface area contributed by atoms with Gasteiger partial charge in [-0.2, -0.15) is 0 Å². The molecular weight excluding hydrogens is 484 g/mol. The monoisotopic (exact) mass is 514 g/mol. The second kappa shape index (κ2) is 9.61. The van der Waals surface area contributed by atoms with Gasteiger partial charge in [0.2, 0.25) is 11.7 Å². The van der Waals surface area contributed by atoms with Crippen molar-refractivity contribution in [1.82, 2.24) is 19.7 Å². The third-order valence-corrected chi connectivity index (χ3v) is 9.13. The van der Waals surface area contributed by atoms with E-state index in [0.29, 0.717) is 53.8 Å². The highest BCUT2D eigenvalue weighted by Gasteiger charge is 2.40. The van der Waals surface area contributed by atoms with Crippen LogP contribution in [-0.4, -0.2) is 66.0 Å². The van der Waals surface area contributed by atoms with Crippen molar-refractivity contribution in [1.29, 1.82) is 0 Å². The summed E-state index contributed by atoms with van der Waals surface area (Å²) in [5.41, 5.74) is 0.483. The van der Waals surface area contributed by atoms with Gasteiger partial charge in [0.25, 0.3) is 0 Å². The van der Waals surface area contributed by atoms with E-state index >= 15 is 0 Å². The number of para-hydroxylation sites is 1. The molecule has 2 fully saturated rings. The molecule has 2 aromatic heterocycles. The van der Waals surface area contributed by atoms with Crippen molar-refractivity contribution < 1.29 is 27.1 Å². The smallest absolute Gasteiger partial charge is 0.222 e. The van der Waals surface area contributed by atoms with E-state index in [1.54, 1.807) is 39.8 Å². The molecule has 2 atom stereocenters. The van der Waals surface area contributed by atoms with Crippen molar-refractivity contribution in [3.8, 4) is 28.8 Å². The molecule has 11 heteroatoms. The Morgan fingerprint density at radius 1 is 1.06 bits per heavy atom. The number of nitrogens with zero attached hydrogens (tertiary/aromatic N) is 4. The first-order valence-corrected chi connectivity index (χ1v) is 13.8. The summed E-state index contributed by atoms with van der Waals surface area (Å²) in [5.74, 6) is 2.31. The van der Waals surface area contributed by atoms with Crippen LogP contribution in [0.2, 0.25) is 0 Å². The van der Waals surface area contributed by atoms with Gasteiger partial charge in [-0.15, -0.1) is 10.2 Å².